The lowest BCUT2D eigenvalue weighted by molar-refractivity contribution is 0.00251. The molecule has 3 heterocycles. The summed E-state index contributed by atoms with van der Waals surface area (Å²) in [6, 6.07) is 2.44. The van der Waals surface area contributed by atoms with Crippen molar-refractivity contribution in [2.45, 2.75) is 64.1 Å². The number of rotatable bonds is 2. The Kier molecular flexibility index (Phi) is 4.32. The number of hydrogen-bond donors (Lipinski definition) is 0. The van der Waals surface area contributed by atoms with E-state index in [4.69, 9.17) is 4.74 Å². The monoisotopic (exact) mass is 334 g/mol. The smallest absolute Gasteiger partial charge is 0.410 e. The van der Waals surface area contributed by atoms with Crippen molar-refractivity contribution in [2.24, 2.45) is 5.92 Å². The second kappa shape index (κ2) is 6.15. The van der Waals surface area contributed by atoms with Gasteiger partial charge in [0.05, 0.1) is 0 Å². The van der Waals surface area contributed by atoms with Crippen molar-refractivity contribution in [1.29, 1.82) is 0 Å². The van der Waals surface area contributed by atoms with Crippen LogP contribution in [0.4, 0.5) is 9.18 Å². The normalized spacial score (nSPS) is 26.3. The first-order valence-corrected chi connectivity index (χ1v) is 8.41. The van der Waals surface area contributed by atoms with E-state index in [1.807, 2.05) is 20.8 Å². The standard InChI is InChI=1S/C18H23FN2O3/c1-18(2,3)24-17(23)21-13-4-5-14(21)9-11(8-13)16(22)15-10-12(19)6-7-20-15/h6-7,10-11,13-14H,4-5,8-9H2,1-3H3. The zero-order chi connectivity index (χ0) is 17.5. The number of halogens is 1. The van der Waals surface area contributed by atoms with Crippen molar-refractivity contribution in [3.63, 3.8) is 0 Å². The van der Waals surface area contributed by atoms with E-state index in [-0.39, 0.29) is 35.6 Å². The highest BCUT2D eigenvalue weighted by atomic mass is 19.1. The Morgan fingerprint density at radius 1 is 1.25 bits per heavy atom. The summed E-state index contributed by atoms with van der Waals surface area (Å²) in [7, 11) is 0. The summed E-state index contributed by atoms with van der Waals surface area (Å²) in [5.74, 6) is -0.798. The van der Waals surface area contributed by atoms with Crippen LogP contribution in [0.5, 0.6) is 0 Å². The predicted molar refractivity (Wildman–Crippen MR) is 86.1 cm³/mol. The summed E-state index contributed by atoms with van der Waals surface area (Å²) in [6.45, 7) is 5.54. The van der Waals surface area contributed by atoms with Gasteiger partial charge in [0.15, 0.2) is 5.78 Å². The molecule has 1 aromatic rings. The Balaban J connectivity index is 1.71. The van der Waals surface area contributed by atoms with Crippen molar-refractivity contribution in [3.8, 4) is 0 Å². The second-order valence-electron chi connectivity index (χ2n) is 7.66. The number of ether oxygens (including phenoxy) is 1. The average Bonchev–Trinajstić information content (AvgIpc) is 2.75. The Bertz CT molecular complexity index is 642. The molecule has 6 heteroatoms. The number of carbonyl (C=O) groups excluding carboxylic acids is 2. The van der Waals surface area contributed by atoms with Gasteiger partial charge in [-0.15, -0.1) is 0 Å². The molecule has 0 aliphatic carbocycles. The summed E-state index contributed by atoms with van der Waals surface area (Å²) in [5, 5.41) is 0. The average molecular weight is 334 g/mol. The van der Waals surface area contributed by atoms with Crippen molar-refractivity contribution in [2.75, 3.05) is 0 Å². The lowest BCUT2D eigenvalue weighted by atomic mass is 9.86. The van der Waals surface area contributed by atoms with Crippen LogP contribution in [0.3, 0.4) is 0 Å². The molecule has 130 valence electrons. The molecular weight excluding hydrogens is 311 g/mol. The number of carbonyl (C=O) groups is 2. The van der Waals surface area contributed by atoms with Gasteiger partial charge in [0, 0.05) is 30.3 Å². The van der Waals surface area contributed by atoms with E-state index in [2.05, 4.69) is 4.98 Å². The molecule has 24 heavy (non-hydrogen) atoms. The number of fused-ring (bicyclic) bond motifs is 2. The van der Waals surface area contributed by atoms with Gasteiger partial charge in [-0.3, -0.25) is 9.78 Å². The predicted octanol–water partition coefficient (Wildman–Crippen LogP) is 3.58. The van der Waals surface area contributed by atoms with Gasteiger partial charge in [0.25, 0.3) is 0 Å². The third kappa shape index (κ3) is 3.42. The second-order valence-corrected chi connectivity index (χ2v) is 7.66. The van der Waals surface area contributed by atoms with Gasteiger partial charge in [0.2, 0.25) is 0 Å². The van der Waals surface area contributed by atoms with E-state index >= 15 is 0 Å². The number of aromatic nitrogens is 1. The van der Waals surface area contributed by atoms with Crippen molar-refractivity contribution in [1.82, 2.24) is 9.88 Å². The maximum Gasteiger partial charge on any atom is 0.410 e. The zero-order valence-corrected chi connectivity index (χ0v) is 14.3. The summed E-state index contributed by atoms with van der Waals surface area (Å²) >= 11 is 0. The van der Waals surface area contributed by atoms with Gasteiger partial charge in [0.1, 0.15) is 17.1 Å². The van der Waals surface area contributed by atoms with Crippen LogP contribution in [0, 0.1) is 11.7 Å². The molecule has 2 unspecified atom stereocenters. The topological polar surface area (TPSA) is 59.5 Å². The van der Waals surface area contributed by atoms with Crippen LogP contribution in [0.2, 0.25) is 0 Å². The molecule has 0 saturated carbocycles. The van der Waals surface area contributed by atoms with E-state index in [9.17, 15) is 14.0 Å². The number of piperidine rings is 1. The first-order chi connectivity index (χ1) is 11.2. The highest BCUT2D eigenvalue weighted by Crippen LogP contribution is 2.40. The molecule has 2 bridgehead atoms. The molecule has 2 aliphatic heterocycles. The van der Waals surface area contributed by atoms with Crippen LogP contribution < -0.4 is 0 Å². The number of ketones is 1. The van der Waals surface area contributed by atoms with E-state index in [0.717, 1.165) is 12.8 Å². The van der Waals surface area contributed by atoms with E-state index in [1.165, 1.54) is 18.3 Å². The van der Waals surface area contributed by atoms with Crippen LogP contribution in [0.25, 0.3) is 0 Å². The SMILES string of the molecule is CC(C)(C)OC(=O)N1C2CCC1CC(C(=O)c1cc(F)ccn1)C2. The van der Waals surface area contributed by atoms with E-state index in [1.54, 1.807) is 4.90 Å². The molecule has 0 N–H and O–H groups in total. The van der Waals surface area contributed by atoms with Gasteiger partial charge in [-0.2, -0.15) is 0 Å². The molecular formula is C18H23FN2O3. The molecule has 2 saturated heterocycles. The highest BCUT2D eigenvalue weighted by molar-refractivity contribution is 5.96. The number of pyridine rings is 1. The Morgan fingerprint density at radius 2 is 1.88 bits per heavy atom. The molecule has 2 aliphatic rings. The van der Waals surface area contributed by atoms with Gasteiger partial charge in [-0.05, 0) is 52.5 Å². The summed E-state index contributed by atoms with van der Waals surface area (Å²) in [4.78, 5) is 30.8. The Morgan fingerprint density at radius 3 is 2.42 bits per heavy atom. The minimum atomic E-state index is -0.533. The minimum absolute atomic E-state index is 0.0149. The van der Waals surface area contributed by atoms with Gasteiger partial charge < -0.3 is 9.64 Å². The van der Waals surface area contributed by atoms with E-state index < -0.39 is 11.4 Å². The van der Waals surface area contributed by atoms with Gasteiger partial charge >= 0.3 is 6.09 Å². The summed E-state index contributed by atoms with van der Waals surface area (Å²) < 4.78 is 18.8. The van der Waals surface area contributed by atoms with Crippen molar-refractivity contribution in [3.05, 3.63) is 29.8 Å². The third-order valence-corrected chi connectivity index (χ3v) is 4.68. The molecule has 0 radical (unpaired) electrons. The minimum Gasteiger partial charge on any atom is -0.444 e. The zero-order valence-electron chi connectivity index (χ0n) is 14.3. The van der Waals surface area contributed by atoms with E-state index in [0.29, 0.717) is 12.8 Å². The van der Waals surface area contributed by atoms with Crippen LogP contribution in [-0.4, -0.2) is 39.4 Å². The molecule has 2 fully saturated rings. The Hall–Kier alpha value is -1.98. The van der Waals surface area contributed by atoms with Gasteiger partial charge in [-0.1, -0.05) is 0 Å². The first-order valence-electron chi connectivity index (χ1n) is 8.41. The maximum atomic E-state index is 13.3. The van der Waals surface area contributed by atoms with Crippen LogP contribution in [-0.2, 0) is 4.74 Å². The molecule has 0 aromatic carbocycles. The molecule has 5 nitrogen and oxygen atoms in total. The molecule has 1 amide bonds. The fourth-order valence-corrected chi connectivity index (χ4v) is 3.75. The quantitative estimate of drug-likeness (QED) is 0.776. The number of nitrogens with zero attached hydrogens (tertiary/aromatic N) is 2. The van der Waals surface area contributed by atoms with Crippen LogP contribution in [0.15, 0.2) is 18.3 Å². The largest absolute Gasteiger partial charge is 0.444 e. The lowest BCUT2D eigenvalue weighted by Gasteiger charge is -2.38. The van der Waals surface area contributed by atoms with Crippen molar-refractivity contribution >= 4 is 11.9 Å². The highest BCUT2D eigenvalue weighted by Gasteiger charge is 2.46. The lowest BCUT2D eigenvalue weighted by Crippen LogP contribution is -2.49. The number of Topliss-reactive ketones (excluding diaryl/α,β-unsaturated/α-hetero) is 1. The summed E-state index contributed by atoms with van der Waals surface area (Å²) in [5.41, 5.74) is -0.362. The van der Waals surface area contributed by atoms with Gasteiger partial charge in [-0.25, -0.2) is 9.18 Å². The van der Waals surface area contributed by atoms with Crippen LogP contribution in [0.1, 0.15) is 56.9 Å². The Labute approximate surface area is 141 Å². The molecule has 2 atom stereocenters. The number of amides is 1. The fraction of sp³-hybridized carbons (Fsp3) is 0.611. The molecule has 0 spiro atoms. The van der Waals surface area contributed by atoms with Crippen molar-refractivity contribution < 1.29 is 18.7 Å². The van der Waals surface area contributed by atoms with Crippen LogP contribution >= 0.6 is 0 Å². The fourth-order valence-electron chi connectivity index (χ4n) is 3.75. The first kappa shape index (κ1) is 16.9. The maximum absolute atomic E-state index is 13.3. The number of hydrogen-bond acceptors (Lipinski definition) is 4. The molecule has 1 aromatic heterocycles. The third-order valence-electron chi connectivity index (χ3n) is 4.68. The molecule has 3 rings (SSSR count). The summed E-state index contributed by atoms with van der Waals surface area (Å²) in [6.07, 6.45) is 3.95.